The van der Waals surface area contributed by atoms with Gasteiger partial charge in [-0.25, -0.2) is 4.79 Å². The van der Waals surface area contributed by atoms with Gasteiger partial charge in [0.05, 0.1) is 33.3 Å². The zero-order chi connectivity index (χ0) is 17.9. The molecule has 0 unspecified atom stereocenters. The third kappa shape index (κ3) is 4.70. The molecule has 24 heavy (non-hydrogen) atoms. The zero-order valence-corrected chi connectivity index (χ0v) is 16.0. The largest absolute Gasteiger partial charge is 0.465 e. The Labute approximate surface area is 146 Å². The van der Waals surface area contributed by atoms with Crippen LogP contribution in [-0.2, 0) is 11.3 Å². The van der Waals surface area contributed by atoms with E-state index in [4.69, 9.17) is 4.74 Å². The van der Waals surface area contributed by atoms with E-state index < -0.39 is 0 Å². The number of nitrogens with zero attached hydrogens (tertiary/aromatic N) is 1. The molecule has 1 aromatic carbocycles. The summed E-state index contributed by atoms with van der Waals surface area (Å²) in [4.78, 5) is 11.5. The fourth-order valence-corrected chi connectivity index (χ4v) is 4.16. The average molecular weight is 330 g/mol. The maximum absolute atomic E-state index is 11.5. The molecule has 3 nitrogen and oxygen atoms in total. The number of carbonyl (C=O) groups excluding carboxylic acids is 1. The van der Waals surface area contributed by atoms with E-state index in [2.05, 4.69) is 40.9 Å². The second-order valence-electron chi connectivity index (χ2n) is 8.18. The zero-order valence-electron chi connectivity index (χ0n) is 16.0. The lowest BCUT2D eigenvalue weighted by Gasteiger charge is -2.40. The number of quaternary nitrogens is 1. The first kappa shape index (κ1) is 18.7. The third-order valence-electron chi connectivity index (χ3n) is 5.29. The Morgan fingerprint density at radius 2 is 1.83 bits per heavy atom. The molecule has 132 valence electrons. The normalized spacial score (nSPS) is 24.4. The second-order valence-corrected chi connectivity index (χ2v) is 8.18. The van der Waals surface area contributed by atoms with E-state index in [9.17, 15) is 4.79 Å². The molecule has 2 rings (SSSR count). The highest BCUT2D eigenvalue weighted by Gasteiger charge is 2.32. The summed E-state index contributed by atoms with van der Waals surface area (Å²) in [7, 11) is 6.02. The first-order valence-electron chi connectivity index (χ1n) is 8.88. The molecule has 0 saturated heterocycles. The summed E-state index contributed by atoms with van der Waals surface area (Å²) in [5, 5.41) is 0. The molecule has 0 bridgehead atoms. The van der Waals surface area contributed by atoms with Crippen molar-refractivity contribution in [2.24, 2.45) is 17.8 Å². The molecule has 0 fully saturated rings. The van der Waals surface area contributed by atoms with Gasteiger partial charge in [-0.15, -0.1) is 0 Å². The minimum absolute atomic E-state index is 0.276. The van der Waals surface area contributed by atoms with E-state index in [0.29, 0.717) is 11.5 Å². The number of benzene rings is 1. The minimum Gasteiger partial charge on any atom is -0.465 e. The predicted molar refractivity (Wildman–Crippen MR) is 98.7 cm³/mol. The van der Waals surface area contributed by atoms with Gasteiger partial charge in [-0.2, -0.15) is 0 Å². The van der Waals surface area contributed by atoms with Gasteiger partial charge in [-0.05, 0) is 37.3 Å². The van der Waals surface area contributed by atoms with Crippen LogP contribution in [0.25, 0.3) is 0 Å². The summed E-state index contributed by atoms with van der Waals surface area (Å²) >= 11 is 0. The Morgan fingerprint density at radius 1 is 1.21 bits per heavy atom. The van der Waals surface area contributed by atoms with Crippen LogP contribution in [0.15, 0.2) is 35.9 Å². The van der Waals surface area contributed by atoms with E-state index in [1.54, 1.807) is 0 Å². The van der Waals surface area contributed by atoms with Crippen LogP contribution in [-0.4, -0.2) is 38.2 Å². The van der Waals surface area contributed by atoms with Gasteiger partial charge < -0.3 is 9.22 Å². The van der Waals surface area contributed by atoms with E-state index in [1.807, 2.05) is 24.3 Å². The molecule has 0 N–H and O–H groups in total. The summed E-state index contributed by atoms with van der Waals surface area (Å²) in [5.41, 5.74) is 3.41. The third-order valence-corrected chi connectivity index (χ3v) is 5.29. The van der Waals surface area contributed by atoms with E-state index in [0.717, 1.165) is 22.9 Å². The van der Waals surface area contributed by atoms with Crippen molar-refractivity contribution in [1.29, 1.82) is 0 Å². The number of allylic oxidation sites excluding steroid dienone is 2. The summed E-state index contributed by atoms with van der Waals surface area (Å²) in [6.45, 7) is 9.15. The van der Waals surface area contributed by atoms with Crippen LogP contribution >= 0.6 is 0 Å². The fourth-order valence-electron chi connectivity index (χ4n) is 4.16. The van der Waals surface area contributed by atoms with Gasteiger partial charge in [0.25, 0.3) is 0 Å². The highest BCUT2D eigenvalue weighted by atomic mass is 16.5. The maximum Gasteiger partial charge on any atom is 0.337 e. The number of esters is 1. The molecule has 0 aliphatic heterocycles. The Morgan fingerprint density at radius 3 is 2.38 bits per heavy atom. The van der Waals surface area contributed by atoms with Crippen molar-refractivity contribution in [3.63, 3.8) is 0 Å². The summed E-state index contributed by atoms with van der Waals surface area (Å²) in [6, 6.07) is 7.81. The van der Waals surface area contributed by atoms with Gasteiger partial charge in [0.15, 0.2) is 0 Å². The Kier molecular flexibility index (Phi) is 5.87. The number of carbonyl (C=O) groups is 1. The molecule has 0 heterocycles. The van der Waals surface area contributed by atoms with Crippen molar-refractivity contribution in [3.05, 3.63) is 47.0 Å². The maximum atomic E-state index is 11.5. The molecule has 1 aromatic rings. The molecular formula is C21H32NO2+. The molecule has 3 atom stereocenters. The highest BCUT2D eigenvalue weighted by molar-refractivity contribution is 5.89. The van der Waals surface area contributed by atoms with Gasteiger partial charge >= 0.3 is 5.97 Å². The molecule has 0 spiro atoms. The van der Waals surface area contributed by atoms with Crippen molar-refractivity contribution in [2.45, 2.75) is 33.7 Å². The molecule has 1 aliphatic rings. The van der Waals surface area contributed by atoms with Crippen molar-refractivity contribution in [3.8, 4) is 0 Å². The average Bonchev–Trinajstić information content (AvgIpc) is 2.50. The predicted octanol–water partition coefficient (Wildman–Crippen LogP) is 4.29. The van der Waals surface area contributed by atoms with Gasteiger partial charge in [0, 0.05) is 11.5 Å². The smallest absolute Gasteiger partial charge is 0.337 e. The van der Waals surface area contributed by atoms with Crippen LogP contribution in [0.5, 0.6) is 0 Å². The second kappa shape index (κ2) is 7.52. The topological polar surface area (TPSA) is 26.3 Å². The van der Waals surface area contributed by atoms with Crippen molar-refractivity contribution < 1.29 is 14.0 Å². The molecule has 0 radical (unpaired) electrons. The molecule has 0 amide bonds. The van der Waals surface area contributed by atoms with Gasteiger partial charge in [0.1, 0.15) is 6.54 Å². The van der Waals surface area contributed by atoms with Crippen LogP contribution in [0.2, 0.25) is 0 Å². The van der Waals surface area contributed by atoms with Crippen LogP contribution in [0.1, 0.15) is 43.1 Å². The number of hydrogen-bond donors (Lipinski definition) is 0. The summed E-state index contributed by atoms with van der Waals surface area (Å²) < 4.78 is 5.72. The van der Waals surface area contributed by atoms with Gasteiger partial charge in [0.2, 0.25) is 0 Å². The van der Waals surface area contributed by atoms with Gasteiger partial charge in [-0.3, -0.25) is 0 Å². The minimum atomic E-state index is -0.276. The fraction of sp³-hybridized carbons (Fsp3) is 0.571. The SMILES string of the molecule is COC(=O)c1ccc(C[N+](C)(C)C[C@@H]2[C@H](C)C=C(C)C[C@H]2C)cc1. The first-order chi connectivity index (χ1) is 11.2. The van der Waals surface area contributed by atoms with E-state index in [1.165, 1.54) is 31.2 Å². The number of hydrogen-bond acceptors (Lipinski definition) is 2. The lowest BCUT2D eigenvalue weighted by molar-refractivity contribution is -0.907. The summed E-state index contributed by atoms with van der Waals surface area (Å²) in [6.07, 6.45) is 3.68. The molecule has 1 aliphatic carbocycles. The van der Waals surface area contributed by atoms with Crippen molar-refractivity contribution >= 4 is 5.97 Å². The van der Waals surface area contributed by atoms with Crippen LogP contribution in [0.3, 0.4) is 0 Å². The molecular weight excluding hydrogens is 298 g/mol. The first-order valence-corrected chi connectivity index (χ1v) is 8.88. The highest BCUT2D eigenvalue weighted by Crippen LogP contribution is 2.35. The van der Waals surface area contributed by atoms with E-state index >= 15 is 0 Å². The molecule has 3 heteroatoms. The van der Waals surface area contributed by atoms with Gasteiger partial charge in [-0.1, -0.05) is 37.6 Å². The Bertz CT molecular complexity index is 601. The lowest BCUT2D eigenvalue weighted by Crippen LogP contribution is -2.46. The van der Waals surface area contributed by atoms with Crippen LogP contribution < -0.4 is 0 Å². The van der Waals surface area contributed by atoms with Crippen LogP contribution in [0.4, 0.5) is 0 Å². The molecule has 0 saturated carbocycles. The summed E-state index contributed by atoms with van der Waals surface area (Å²) in [5.74, 6) is 1.83. The van der Waals surface area contributed by atoms with Crippen molar-refractivity contribution in [2.75, 3.05) is 27.7 Å². The number of methoxy groups -OCH3 is 1. The quantitative estimate of drug-likeness (QED) is 0.457. The Hall–Kier alpha value is -1.61. The monoisotopic (exact) mass is 330 g/mol. The number of ether oxygens (including phenoxy) is 1. The molecule has 0 aromatic heterocycles. The lowest BCUT2D eigenvalue weighted by atomic mass is 9.74. The number of rotatable bonds is 5. The van der Waals surface area contributed by atoms with E-state index in [-0.39, 0.29) is 5.97 Å². The standard InChI is InChI=1S/C21H32NO2/c1-15-11-16(2)20(17(3)12-15)14-22(4,5)13-18-7-9-19(10-8-18)21(23)24-6/h7-11,16-17,20H,12-14H2,1-6H3/q+1/t16-,17-,20-/m1/s1. The van der Waals surface area contributed by atoms with Crippen molar-refractivity contribution in [1.82, 2.24) is 0 Å². The van der Waals surface area contributed by atoms with Crippen LogP contribution in [0, 0.1) is 17.8 Å². The Balaban J connectivity index is 2.04.